The zero-order valence-corrected chi connectivity index (χ0v) is 25.5. The van der Waals surface area contributed by atoms with Gasteiger partial charge in [0.25, 0.3) is 0 Å². The number of unbranched alkanes of at least 4 members (excludes halogenated alkanes) is 1. The summed E-state index contributed by atoms with van der Waals surface area (Å²) >= 11 is 0. The van der Waals surface area contributed by atoms with Gasteiger partial charge in [-0.05, 0) is 57.4 Å². The minimum absolute atomic E-state index is 0.0717. The summed E-state index contributed by atoms with van der Waals surface area (Å²) in [6.45, 7) is 2.14. The number of rotatable bonds is 18. The number of carbonyl (C=O) groups is 5. The number of aliphatic hydroxyl groups excluding tert-OH is 1. The van der Waals surface area contributed by atoms with Gasteiger partial charge < -0.3 is 53.0 Å². The molecular weight excluding hydrogens is 588 g/mol. The number of benzene rings is 1. The Hall–Kier alpha value is -4.44. The SMILES string of the molecule is C[C@@H](O)[C@H](N)C(=O)N[C@@H](CCCCNC(=O)OCc1ccccc1)C(=O)N1CCC[C@H]1C(=O)N[C@@H](CCCN=C(N)N)C(=O)O. The number of carbonyl (C=O) groups excluding carboxylic acids is 4. The number of guanidine groups is 1. The van der Waals surface area contributed by atoms with E-state index < -0.39 is 60.1 Å². The number of nitrogens with two attached hydrogens (primary N) is 3. The van der Waals surface area contributed by atoms with Gasteiger partial charge in [0.2, 0.25) is 17.7 Å². The maximum atomic E-state index is 13.7. The minimum atomic E-state index is -1.28. The molecule has 250 valence electrons. The zero-order valence-electron chi connectivity index (χ0n) is 25.5. The average molecular weight is 635 g/mol. The summed E-state index contributed by atoms with van der Waals surface area (Å²) in [6, 6.07) is 4.68. The Morgan fingerprint density at radius 3 is 2.38 bits per heavy atom. The molecule has 0 radical (unpaired) electrons. The van der Waals surface area contributed by atoms with E-state index >= 15 is 0 Å². The van der Waals surface area contributed by atoms with Crippen LogP contribution in [0.4, 0.5) is 4.79 Å². The van der Waals surface area contributed by atoms with E-state index in [2.05, 4.69) is 20.9 Å². The largest absolute Gasteiger partial charge is 0.480 e. The van der Waals surface area contributed by atoms with Crippen molar-refractivity contribution >= 4 is 35.7 Å². The lowest BCUT2D eigenvalue weighted by atomic mass is 10.1. The summed E-state index contributed by atoms with van der Waals surface area (Å²) in [5.74, 6) is -3.26. The van der Waals surface area contributed by atoms with Gasteiger partial charge in [-0.3, -0.25) is 19.4 Å². The van der Waals surface area contributed by atoms with Gasteiger partial charge in [0, 0.05) is 19.6 Å². The minimum Gasteiger partial charge on any atom is -0.480 e. The molecule has 0 bridgehead atoms. The van der Waals surface area contributed by atoms with E-state index in [-0.39, 0.29) is 45.0 Å². The molecular formula is C29H46N8O8. The van der Waals surface area contributed by atoms with E-state index in [9.17, 15) is 34.2 Å². The van der Waals surface area contributed by atoms with Crippen molar-refractivity contribution in [3.63, 3.8) is 0 Å². The molecule has 2 rings (SSSR count). The molecule has 16 nitrogen and oxygen atoms in total. The highest BCUT2D eigenvalue weighted by molar-refractivity contribution is 5.94. The second-order valence-corrected chi connectivity index (χ2v) is 10.8. The van der Waals surface area contributed by atoms with Crippen LogP contribution in [0.3, 0.4) is 0 Å². The fraction of sp³-hybridized carbons (Fsp3) is 0.586. The molecule has 11 N–H and O–H groups in total. The van der Waals surface area contributed by atoms with Gasteiger partial charge in [-0.25, -0.2) is 9.59 Å². The zero-order chi connectivity index (χ0) is 33.4. The van der Waals surface area contributed by atoms with Crippen molar-refractivity contribution in [1.82, 2.24) is 20.9 Å². The molecule has 0 aliphatic carbocycles. The van der Waals surface area contributed by atoms with Gasteiger partial charge >= 0.3 is 12.1 Å². The monoisotopic (exact) mass is 634 g/mol. The van der Waals surface area contributed by atoms with E-state index in [0.29, 0.717) is 32.1 Å². The lowest BCUT2D eigenvalue weighted by Crippen LogP contribution is -2.57. The number of aliphatic carboxylic acids is 1. The molecule has 1 aliphatic heterocycles. The third-order valence-corrected chi connectivity index (χ3v) is 7.24. The van der Waals surface area contributed by atoms with Gasteiger partial charge in [-0.15, -0.1) is 0 Å². The Morgan fingerprint density at radius 1 is 1.04 bits per heavy atom. The van der Waals surface area contributed by atoms with Gasteiger partial charge in [0.1, 0.15) is 30.8 Å². The molecule has 5 atom stereocenters. The molecule has 1 heterocycles. The Morgan fingerprint density at radius 2 is 1.73 bits per heavy atom. The Bertz CT molecular complexity index is 1160. The van der Waals surface area contributed by atoms with Crippen molar-refractivity contribution in [2.75, 3.05) is 19.6 Å². The van der Waals surface area contributed by atoms with Gasteiger partial charge in [-0.2, -0.15) is 0 Å². The third-order valence-electron chi connectivity index (χ3n) is 7.24. The predicted molar refractivity (Wildman–Crippen MR) is 164 cm³/mol. The van der Waals surface area contributed by atoms with Crippen molar-refractivity contribution in [1.29, 1.82) is 0 Å². The normalized spacial score (nSPS) is 16.9. The van der Waals surface area contributed by atoms with Crippen molar-refractivity contribution in [3.8, 4) is 0 Å². The predicted octanol–water partition coefficient (Wildman–Crippen LogP) is -1.11. The van der Waals surface area contributed by atoms with Gasteiger partial charge in [0.05, 0.1) is 6.10 Å². The van der Waals surface area contributed by atoms with Crippen LogP contribution >= 0.6 is 0 Å². The molecule has 1 aromatic rings. The molecule has 4 amide bonds. The number of likely N-dealkylation sites (tertiary alicyclic amines) is 1. The highest BCUT2D eigenvalue weighted by Gasteiger charge is 2.39. The lowest BCUT2D eigenvalue weighted by molar-refractivity contribution is -0.145. The van der Waals surface area contributed by atoms with Crippen LogP contribution in [0, 0.1) is 0 Å². The highest BCUT2D eigenvalue weighted by atomic mass is 16.5. The number of amides is 4. The van der Waals surface area contributed by atoms with Crippen molar-refractivity contribution < 1.29 is 38.9 Å². The van der Waals surface area contributed by atoms with Crippen LogP contribution in [0.5, 0.6) is 0 Å². The fourth-order valence-corrected chi connectivity index (χ4v) is 4.71. The number of aliphatic hydroxyl groups is 1. The van der Waals surface area contributed by atoms with Crippen LogP contribution < -0.4 is 33.2 Å². The summed E-state index contributed by atoms with van der Waals surface area (Å²) in [5.41, 5.74) is 17.2. The average Bonchev–Trinajstić information content (AvgIpc) is 3.50. The molecule has 1 saturated heterocycles. The first-order valence-electron chi connectivity index (χ1n) is 15.0. The van der Waals surface area contributed by atoms with Crippen LogP contribution in [-0.2, 0) is 30.5 Å². The van der Waals surface area contributed by atoms with Gasteiger partial charge in [0.15, 0.2) is 5.96 Å². The quantitative estimate of drug-likeness (QED) is 0.0545. The number of carboxylic acids is 1. The van der Waals surface area contributed by atoms with Crippen molar-refractivity contribution in [2.45, 2.75) is 88.7 Å². The van der Waals surface area contributed by atoms with Crippen molar-refractivity contribution in [3.05, 3.63) is 35.9 Å². The van der Waals surface area contributed by atoms with Gasteiger partial charge in [-0.1, -0.05) is 30.3 Å². The summed E-state index contributed by atoms with van der Waals surface area (Å²) < 4.78 is 5.18. The molecule has 0 aromatic heterocycles. The van der Waals surface area contributed by atoms with Crippen LogP contribution in [0.15, 0.2) is 35.3 Å². The second-order valence-electron chi connectivity index (χ2n) is 10.8. The first-order chi connectivity index (χ1) is 21.4. The maximum absolute atomic E-state index is 13.7. The molecule has 0 unspecified atom stereocenters. The Balaban J connectivity index is 1.98. The van der Waals surface area contributed by atoms with Crippen LogP contribution in [-0.4, -0.2) is 101 Å². The van der Waals surface area contributed by atoms with Crippen molar-refractivity contribution in [2.24, 2.45) is 22.2 Å². The summed E-state index contributed by atoms with van der Waals surface area (Å²) in [4.78, 5) is 68.4. The summed E-state index contributed by atoms with van der Waals surface area (Å²) in [6.07, 6.45) is 0.429. The van der Waals surface area contributed by atoms with E-state index in [1.54, 1.807) is 0 Å². The number of alkyl carbamates (subject to hydrolysis) is 1. The smallest absolute Gasteiger partial charge is 0.407 e. The molecule has 0 spiro atoms. The van der Waals surface area contributed by atoms with E-state index in [1.165, 1.54) is 11.8 Å². The number of ether oxygens (including phenoxy) is 1. The van der Waals surface area contributed by atoms with Crippen LogP contribution in [0.1, 0.15) is 57.4 Å². The number of hydrogen-bond donors (Lipinski definition) is 8. The van der Waals surface area contributed by atoms with Crippen LogP contribution in [0.2, 0.25) is 0 Å². The molecule has 16 heteroatoms. The van der Waals surface area contributed by atoms with E-state index in [4.69, 9.17) is 21.9 Å². The Kier molecular flexibility index (Phi) is 15.6. The number of hydrogen-bond acceptors (Lipinski definition) is 9. The Labute approximate surface area is 262 Å². The molecule has 45 heavy (non-hydrogen) atoms. The molecule has 0 saturated carbocycles. The van der Waals surface area contributed by atoms with Crippen LogP contribution in [0.25, 0.3) is 0 Å². The first kappa shape index (κ1) is 36.8. The summed E-state index contributed by atoms with van der Waals surface area (Å²) in [5, 5.41) is 27.1. The van der Waals surface area contributed by atoms with E-state index in [0.717, 1.165) is 5.56 Å². The number of nitrogens with one attached hydrogen (secondary N) is 3. The number of nitrogens with zero attached hydrogens (tertiary/aromatic N) is 2. The molecule has 1 aliphatic rings. The number of aliphatic imine (C=N–C) groups is 1. The lowest BCUT2D eigenvalue weighted by Gasteiger charge is -2.30. The summed E-state index contributed by atoms with van der Waals surface area (Å²) in [7, 11) is 0. The maximum Gasteiger partial charge on any atom is 0.407 e. The molecule has 1 aromatic carbocycles. The molecule has 1 fully saturated rings. The topological polar surface area (TPSA) is 265 Å². The second kappa shape index (κ2) is 19.1. The highest BCUT2D eigenvalue weighted by Crippen LogP contribution is 2.20. The third kappa shape index (κ3) is 13.0. The first-order valence-corrected chi connectivity index (χ1v) is 15.0. The van der Waals surface area contributed by atoms with E-state index in [1.807, 2.05) is 30.3 Å². The standard InChI is InChI=1S/C29H46N8O8/c1-18(38)23(30)25(40)35-20(11-5-6-14-34-29(44)45-17-19-9-3-2-4-10-19)26(41)37-16-8-13-22(37)24(39)36-21(27(42)43)12-7-15-33-28(31)32/h2-4,9-10,18,20-23,38H,5-8,11-17,30H2,1H3,(H,34,44)(H,35,40)(H,36,39)(H,42,43)(H4,31,32,33)/t18-,20+,21+,22+,23+/m1/s1. The fourth-order valence-electron chi connectivity index (χ4n) is 4.71. The number of carboxylic acid groups (broad SMARTS) is 1.